The van der Waals surface area contributed by atoms with Gasteiger partial charge in [-0.3, -0.25) is 0 Å². The lowest BCUT2D eigenvalue weighted by molar-refractivity contribution is -0.138. The Balaban J connectivity index is 1.78. The van der Waals surface area contributed by atoms with Gasteiger partial charge in [0.15, 0.2) is 5.79 Å². The van der Waals surface area contributed by atoms with E-state index >= 15 is 0 Å². The van der Waals surface area contributed by atoms with Crippen LogP contribution in [0.5, 0.6) is 0 Å². The van der Waals surface area contributed by atoms with Crippen LogP contribution in [0.3, 0.4) is 0 Å². The van der Waals surface area contributed by atoms with Gasteiger partial charge in [0.1, 0.15) is 0 Å². The first-order valence-electron chi connectivity index (χ1n) is 8.74. The van der Waals surface area contributed by atoms with E-state index in [4.69, 9.17) is 0 Å². The fourth-order valence-electron chi connectivity index (χ4n) is 5.95. The molecule has 0 amide bonds. The molecule has 2 nitrogen and oxygen atoms in total. The fraction of sp³-hybridized carbons (Fsp3) is 0.789. The SMILES string of the molecule is C[C@@]12CCCC1=C1CCC3=CC(O)(O)CC[C@]3(C)[C@H]1CC2. The van der Waals surface area contributed by atoms with Crippen LogP contribution in [0.15, 0.2) is 22.8 Å². The molecule has 2 N–H and O–H groups in total. The molecular weight excluding hydrogens is 260 g/mol. The van der Waals surface area contributed by atoms with Crippen molar-refractivity contribution in [2.24, 2.45) is 16.7 Å². The van der Waals surface area contributed by atoms with Gasteiger partial charge in [-0.05, 0) is 74.2 Å². The summed E-state index contributed by atoms with van der Waals surface area (Å²) in [5.41, 5.74) is 5.55. The predicted octanol–water partition coefficient (Wildman–Crippen LogP) is 4.08. The van der Waals surface area contributed by atoms with Crippen molar-refractivity contribution in [1.82, 2.24) is 0 Å². The summed E-state index contributed by atoms with van der Waals surface area (Å²) in [6.07, 6.45) is 12.1. The Bertz CT molecular complexity index is 542. The third kappa shape index (κ3) is 1.91. The molecule has 0 aliphatic heterocycles. The number of allylic oxidation sites excluding steroid dienone is 3. The van der Waals surface area contributed by atoms with Gasteiger partial charge in [-0.2, -0.15) is 0 Å². The van der Waals surface area contributed by atoms with Gasteiger partial charge in [0.25, 0.3) is 0 Å². The summed E-state index contributed by atoms with van der Waals surface area (Å²) in [7, 11) is 0. The van der Waals surface area contributed by atoms with Gasteiger partial charge in [-0.15, -0.1) is 0 Å². The van der Waals surface area contributed by atoms with Crippen LogP contribution < -0.4 is 0 Å². The molecule has 0 bridgehead atoms. The topological polar surface area (TPSA) is 40.5 Å². The molecule has 0 unspecified atom stereocenters. The lowest BCUT2D eigenvalue weighted by Crippen LogP contribution is -2.45. The molecule has 4 aliphatic carbocycles. The Kier molecular flexibility index (Phi) is 2.83. The summed E-state index contributed by atoms with van der Waals surface area (Å²) in [4.78, 5) is 0. The molecule has 0 aromatic rings. The van der Waals surface area contributed by atoms with E-state index in [1.807, 2.05) is 0 Å². The molecule has 0 aromatic carbocycles. The Labute approximate surface area is 127 Å². The summed E-state index contributed by atoms with van der Waals surface area (Å²) in [6.45, 7) is 4.87. The largest absolute Gasteiger partial charge is 0.362 e. The summed E-state index contributed by atoms with van der Waals surface area (Å²) in [5, 5.41) is 20.0. The highest BCUT2D eigenvalue weighted by Crippen LogP contribution is 2.62. The first-order valence-corrected chi connectivity index (χ1v) is 8.74. The van der Waals surface area contributed by atoms with Crippen LogP contribution in [0, 0.1) is 16.7 Å². The molecule has 2 saturated carbocycles. The molecule has 2 heteroatoms. The Hall–Kier alpha value is -0.600. The van der Waals surface area contributed by atoms with Gasteiger partial charge >= 0.3 is 0 Å². The zero-order chi connectivity index (χ0) is 14.9. The fourth-order valence-corrected chi connectivity index (χ4v) is 5.95. The number of hydrogen-bond donors (Lipinski definition) is 2. The van der Waals surface area contributed by atoms with Crippen molar-refractivity contribution in [3.63, 3.8) is 0 Å². The minimum Gasteiger partial charge on any atom is -0.362 e. The highest BCUT2D eigenvalue weighted by atomic mass is 16.5. The molecular formula is C19H28O2. The van der Waals surface area contributed by atoms with Crippen LogP contribution in [-0.2, 0) is 0 Å². The zero-order valence-electron chi connectivity index (χ0n) is 13.4. The number of aliphatic hydroxyl groups is 2. The van der Waals surface area contributed by atoms with Crippen molar-refractivity contribution in [2.75, 3.05) is 0 Å². The van der Waals surface area contributed by atoms with E-state index < -0.39 is 5.79 Å². The summed E-state index contributed by atoms with van der Waals surface area (Å²) in [6, 6.07) is 0. The van der Waals surface area contributed by atoms with Gasteiger partial charge in [0.05, 0.1) is 0 Å². The van der Waals surface area contributed by atoms with Crippen LogP contribution in [0.4, 0.5) is 0 Å². The van der Waals surface area contributed by atoms with Crippen LogP contribution in [-0.4, -0.2) is 16.0 Å². The smallest absolute Gasteiger partial charge is 0.182 e. The molecule has 0 saturated heterocycles. The van der Waals surface area contributed by atoms with Gasteiger partial charge < -0.3 is 10.2 Å². The predicted molar refractivity (Wildman–Crippen MR) is 83.5 cm³/mol. The van der Waals surface area contributed by atoms with Crippen molar-refractivity contribution in [3.8, 4) is 0 Å². The van der Waals surface area contributed by atoms with E-state index in [9.17, 15) is 10.2 Å². The van der Waals surface area contributed by atoms with E-state index in [-0.39, 0.29) is 5.41 Å². The van der Waals surface area contributed by atoms with E-state index in [2.05, 4.69) is 13.8 Å². The molecule has 4 rings (SSSR count). The molecule has 21 heavy (non-hydrogen) atoms. The van der Waals surface area contributed by atoms with Crippen LogP contribution >= 0.6 is 0 Å². The van der Waals surface area contributed by atoms with Gasteiger partial charge in [-0.25, -0.2) is 0 Å². The third-order valence-corrected chi connectivity index (χ3v) is 7.26. The standard InChI is InChI=1S/C19H28O2/c1-17-8-3-4-15(17)14-6-5-13-12-19(20,21)11-10-18(13,2)16(14)7-9-17/h12,16,20-21H,3-11H2,1-2H3/t16-,17-,18-/m0/s1. The van der Waals surface area contributed by atoms with Gasteiger partial charge in [0, 0.05) is 6.42 Å². The first kappa shape index (κ1) is 14.0. The van der Waals surface area contributed by atoms with Crippen LogP contribution in [0.2, 0.25) is 0 Å². The summed E-state index contributed by atoms with van der Waals surface area (Å²) in [5.74, 6) is -0.898. The highest BCUT2D eigenvalue weighted by Gasteiger charge is 2.51. The maximum absolute atomic E-state index is 9.98. The zero-order valence-corrected chi connectivity index (χ0v) is 13.4. The van der Waals surface area contributed by atoms with Crippen molar-refractivity contribution in [1.29, 1.82) is 0 Å². The molecule has 3 atom stereocenters. The second-order valence-corrected chi connectivity index (χ2v) is 8.47. The molecule has 4 aliphatic rings. The first-order chi connectivity index (χ1) is 9.84. The average Bonchev–Trinajstić information content (AvgIpc) is 2.81. The molecule has 0 aromatic heterocycles. The number of fused-ring (bicyclic) bond motifs is 4. The van der Waals surface area contributed by atoms with E-state index in [0.717, 1.165) is 19.3 Å². The Morgan fingerprint density at radius 1 is 1.00 bits per heavy atom. The third-order valence-electron chi connectivity index (χ3n) is 7.26. The highest BCUT2D eigenvalue weighted by molar-refractivity contribution is 5.39. The minimum atomic E-state index is -1.56. The Morgan fingerprint density at radius 2 is 1.81 bits per heavy atom. The van der Waals surface area contributed by atoms with E-state index in [0.29, 0.717) is 17.8 Å². The monoisotopic (exact) mass is 288 g/mol. The van der Waals surface area contributed by atoms with E-state index in [1.165, 1.54) is 37.7 Å². The van der Waals surface area contributed by atoms with Crippen molar-refractivity contribution >= 4 is 0 Å². The van der Waals surface area contributed by atoms with Crippen LogP contribution in [0.25, 0.3) is 0 Å². The lowest BCUT2D eigenvalue weighted by atomic mass is 9.52. The van der Waals surface area contributed by atoms with Crippen molar-refractivity contribution in [2.45, 2.75) is 77.4 Å². The molecule has 0 heterocycles. The second-order valence-electron chi connectivity index (χ2n) is 8.47. The molecule has 2 fully saturated rings. The van der Waals surface area contributed by atoms with Crippen molar-refractivity contribution in [3.05, 3.63) is 22.8 Å². The number of rotatable bonds is 0. The summed E-state index contributed by atoms with van der Waals surface area (Å²) >= 11 is 0. The quantitative estimate of drug-likeness (QED) is 0.521. The molecule has 116 valence electrons. The Morgan fingerprint density at radius 3 is 2.62 bits per heavy atom. The maximum Gasteiger partial charge on any atom is 0.182 e. The van der Waals surface area contributed by atoms with Gasteiger partial charge in [-0.1, -0.05) is 30.6 Å². The normalized spacial score (nSPS) is 44.8. The number of hydrogen-bond acceptors (Lipinski definition) is 2. The average molecular weight is 288 g/mol. The van der Waals surface area contributed by atoms with Gasteiger partial charge in [0.2, 0.25) is 0 Å². The van der Waals surface area contributed by atoms with E-state index in [1.54, 1.807) is 17.2 Å². The van der Waals surface area contributed by atoms with Crippen LogP contribution in [0.1, 0.15) is 71.6 Å². The second kappa shape index (κ2) is 4.23. The maximum atomic E-state index is 9.98. The molecule has 0 spiro atoms. The molecule has 0 radical (unpaired) electrons. The lowest BCUT2D eigenvalue weighted by Gasteiger charge is -2.53. The van der Waals surface area contributed by atoms with Crippen molar-refractivity contribution < 1.29 is 10.2 Å². The minimum absolute atomic E-state index is 0.180. The summed E-state index contributed by atoms with van der Waals surface area (Å²) < 4.78 is 0.